The largest absolute Gasteiger partial charge is 0.378 e. The molecule has 2 saturated heterocycles. The third-order valence-electron chi connectivity index (χ3n) is 2.93. The Balaban J connectivity index is 1.80. The van der Waals surface area contributed by atoms with Crippen LogP contribution in [-0.4, -0.2) is 49.4 Å². The van der Waals surface area contributed by atoms with Crippen LogP contribution in [0.15, 0.2) is 0 Å². The third kappa shape index (κ3) is 1.63. The second-order valence-corrected chi connectivity index (χ2v) is 3.78. The van der Waals surface area contributed by atoms with Crippen LogP contribution in [0, 0.1) is 0 Å². The summed E-state index contributed by atoms with van der Waals surface area (Å²) in [6.07, 6.45) is 4.13. The van der Waals surface area contributed by atoms with Gasteiger partial charge in [-0.3, -0.25) is 0 Å². The highest BCUT2D eigenvalue weighted by atomic mass is 16.5. The zero-order valence-corrected chi connectivity index (χ0v) is 7.83. The van der Waals surface area contributed by atoms with Crippen LogP contribution in [0.25, 0.3) is 0 Å². The molecule has 0 unspecified atom stereocenters. The maximum atomic E-state index is 5.18. The van der Waals surface area contributed by atoms with E-state index in [9.17, 15) is 0 Å². The van der Waals surface area contributed by atoms with Gasteiger partial charge in [0.1, 0.15) is 0 Å². The molecule has 2 aliphatic heterocycles. The highest BCUT2D eigenvalue weighted by Gasteiger charge is 2.27. The Morgan fingerprint density at radius 1 is 1.17 bits per heavy atom. The fourth-order valence-corrected chi connectivity index (χ4v) is 1.86. The van der Waals surface area contributed by atoms with Crippen LogP contribution in [0.5, 0.6) is 0 Å². The van der Waals surface area contributed by atoms with E-state index >= 15 is 0 Å². The second-order valence-electron chi connectivity index (χ2n) is 3.78. The summed E-state index contributed by atoms with van der Waals surface area (Å²) in [6, 6.07) is 0.656. The molecule has 2 fully saturated rings. The minimum Gasteiger partial charge on any atom is -0.378 e. The van der Waals surface area contributed by atoms with Crippen molar-refractivity contribution in [2.45, 2.75) is 25.3 Å². The first-order chi connectivity index (χ1) is 5.88. The van der Waals surface area contributed by atoms with Crippen LogP contribution in [0.1, 0.15) is 19.3 Å². The number of piperidine rings is 1. The number of likely N-dealkylation sites (N-methyl/N-ethyl adjacent to an activating group) is 1. The smallest absolute Gasteiger partial charge is 0.0710 e. The molecule has 2 heterocycles. The quantitative estimate of drug-likeness (QED) is 0.607. The average Bonchev–Trinajstić information content (AvgIpc) is 2.03. The van der Waals surface area contributed by atoms with Gasteiger partial charge >= 0.3 is 0 Å². The average molecular weight is 170 g/mol. The van der Waals surface area contributed by atoms with E-state index in [2.05, 4.69) is 17.1 Å². The molecule has 0 aliphatic carbocycles. The van der Waals surface area contributed by atoms with Gasteiger partial charge in [0.25, 0.3) is 0 Å². The van der Waals surface area contributed by atoms with E-state index in [0.29, 0.717) is 6.04 Å². The lowest BCUT2D eigenvalue weighted by molar-refractivity contribution is -0.145. The molecule has 0 aromatic carbocycles. The molecule has 12 heavy (non-hydrogen) atoms. The fraction of sp³-hybridized carbons (Fsp3) is 1.00. The Labute approximate surface area is 74.3 Å². The number of hydrazine groups is 1. The van der Waals surface area contributed by atoms with E-state index in [1.807, 2.05) is 0 Å². The lowest BCUT2D eigenvalue weighted by Gasteiger charge is -2.43. The van der Waals surface area contributed by atoms with Gasteiger partial charge in [0.05, 0.1) is 19.3 Å². The van der Waals surface area contributed by atoms with Gasteiger partial charge in [-0.2, -0.15) is 0 Å². The van der Waals surface area contributed by atoms with E-state index in [1.54, 1.807) is 0 Å². The molecule has 0 aromatic heterocycles. The summed E-state index contributed by atoms with van der Waals surface area (Å²) in [6.45, 7) is 4.33. The molecule has 2 aliphatic rings. The van der Waals surface area contributed by atoms with Crippen LogP contribution in [0.3, 0.4) is 0 Å². The maximum Gasteiger partial charge on any atom is 0.0710 e. The van der Waals surface area contributed by atoms with Crippen LogP contribution in [-0.2, 0) is 4.74 Å². The normalized spacial score (nSPS) is 27.5. The fourth-order valence-electron chi connectivity index (χ4n) is 1.86. The van der Waals surface area contributed by atoms with Crippen LogP contribution >= 0.6 is 0 Å². The van der Waals surface area contributed by atoms with Gasteiger partial charge in [-0.15, -0.1) is 0 Å². The standard InChI is InChI=1S/C9H18N2O/c1-10(9-7-12-8-9)11-5-3-2-4-6-11/h9H,2-8H2,1H3. The lowest BCUT2D eigenvalue weighted by Crippen LogP contribution is -2.55. The third-order valence-corrected chi connectivity index (χ3v) is 2.93. The van der Waals surface area contributed by atoms with Gasteiger partial charge in [0.15, 0.2) is 0 Å². The molecule has 0 amide bonds. The van der Waals surface area contributed by atoms with Gasteiger partial charge in [0, 0.05) is 20.1 Å². The van der Waals surface area contributed by atoms with E-state index in [1.165, 1.54) is 32.4 Å². The SMILES string of the molecule is CN(C1COC1)N1CCCCC1. The number of hydrogen-bond acceptors (Lipinski definition) is 3. The molecule has 0 atom stereocenters. The van der Waals surface area contributed by atoms with Crippen molar-refractivity contribution < 1.29 is 4.74 Å². The van der Waals surface area contributed by atoms with Crippen molar-refractivity contribution >= 4 is 0 Å². The summed E-state index contributed by atoms with van der Waals surface area (Å²) in [5.41, 5.74) is 0. The second kappa shape index (κ2) is 3.73. The first-order valence-corrected chi connectivity index (χ1v) is 4.93. The molecule has 0 spiro atoms. The van der Waals surface area contributed by atoms with E-state index in [4.69, 9.17) is 4.74 Å². The summed E-state index contributed by atoms with van der Waals surface area (Å²) in [4.78, 5) is 0. The summed E-state index contributed by atoms with van der Waals surface area (Å²) >= 11 is 0. The van der Waals surface area contributed by atoms with Gasteiger partial charge in [-0.05, 0) is 12.8 Å². The molecule has 0 radical (unpaired) electrons. The number of rotatable bonds is 2. The van der Waals surface area contributed by atoms with Crippen molar-refractivity contribution in [3.05, 3.63) is 0 Å². The van der Waals surface area contributed by atoms with E-state index in [-0.39, 0.29) is 0 Å². The molecule has 0 bridgehead atoms. The Bertz CT molecular complexity index is 141. The summed E-state index contributed by atoms with van der Waals surface area (Å²) in [5.74, 6) is 0. The lowest BCUT2D eigenvalue weighted by atomic mass is 10.1. The van der Waals surface area contributed by atoms with Crippen molar-refractivity contribution in [1.82, 2.24) is 10.0 Å². The van der Waals surface area contributed by atoms with Gasteiger partial charge in [-0.1, -0.05) is 6.42 Å². The molecule has 0 saturated carbocycles. The van der Waals surface area contributed by atoms with Crippen molar-refractivity contribution in [3.8, 4) is 0 Å². The Morgan fingerprint density at radius 2 is 1.83 bits per heavy atom. The molecule has 0 aromatic rings. The molecule has 0 N–H and O–H groups in total. The van der Waals surface area contributed by atoms with Crippen LogP contribution < -0.4 is 0 Å². The zero-order chi connectivity index (χ0) is 8.39. The summed E-state index contributed by atoms with van der Waals surface area (Å²) in [7, 11) is 2.19. The van der Waals surface area contributed by atoms with E-state index in [0.717, 1.165) is 13.2 Å². The predicted molar refractivity (Wildman–Crippen MR) is 47.8 cm³/mol. The van der Waals surface area contributed by atoms with Gasteiger partial charge < -0.3 is 4.74 Å². The van der Waals surface area contributed by atoms with Crippen LogP contribution in [0.2, 0.25) is 0 Å². The minimum absolute atomic E-state index is 0.656. The number of nitrogens with zero attached hydrogens (tertiary/aromatic N) is 2. The van der Waals surface area contributed by atoms with Crippen LogP contribution in [0.4, 0.5) is 0 Å². The molecular formula is C9H18N2O. The first kappa shape index (κ1) is 8.48. The topological polar surface area (TPSA) is 15.7 Å². The minimum atomic E-state index is 0.656. The van der Waals surface area contributed by atoms with Crippen molar-refractivity contribution in [3.63, 3.8) is 0 Å². The van der Waals surface area contributed by atoms with Crippen molar-refractivity contribution in [2.24, 2.45) is 0 Å². The molecular weight excluding hydrogens is 152 g/mol. The summed E-state index contributed by atoms with van der Waals surface area (Å²) in [5, 5.41) is 4.85. The van der Waals surface area contributed by atoms with Gasteiger partial charge in [-0.25, -0.2) is 10.0 Å². The highest BCUT2D eigenvalue weighted by molar-refractivity contribution is 4.75. The Hall–Kier alpha value is -0.120. The van der Waals surface area contributed by atoms with E-state index < -0.39 is 0 Å². The number of ether oxygens (including phenoxy) is 1. The maximum absolute atomic E-state index is 5.18. The highest BCUT2D eigenvalue weighted by Crippen LogP contribution is 2.16. The predicted octanol–water partition coefficient (Wildman–Crippen LogP) is 0.718. The van der Waals surface area contributed by atoms with Gasteiger partial charge in [0.2, 0.25) is 0 Å². The first-order valence-electron chi connectivity index (χ1n) is 4.93. The summed E-state index contributed by atoms with van der Waals surface area (Å²) < 4.78 is 5.18. The molecule has 3 nitrogen and oxygen atoms in total. The Kier molecular flexibility index (Phi) is 2.63. The zero-order valence-electron chi connectivity index (χ0n) is 7.83. The van der Waals surface area contributed by atoms with Crippen molar-refractivity contribution in [2.75, 3.05) is 33.4 Å². The van der Waals surface area contributed by atoms with Crippen molar-refractivity contribution in [1.29, 1.82) is 0 Å². The molecule has 2 rings (SSSR count). The molecule has 3 heteroatoms. The Morgan fingerprint density at radius 3 is 2.33 bits per heavy atom. The molecule has 70 valence electrons. The number of hydrogen-bond donors (Lipinski definition) is 0. The monoisotopic (exact) mass is 170 g/mol.